The highest BCUT2D eigenvalue weighted by Crippen LogP contribution is 2.24. The average molecular weight is 249 g/mol. The van der Waals surface area contributed by atoms with E-state index in [9.17, 15) is 9.90 Å². The number of hydrogen-bond donors (Lipinski definition) is 3. The minimum absolute atomic E-state index is 0.204. The zero-order valence-electron chi connectivity index (χ0n) is 10.3. The van der Waals surface area contributed by atoms with Gasteiger partial charge in [-0.3, -0.25) is 0 Å². The summed E-state index contributed by atoms with van der Waals surface area (Å²) in [4.78, 5) is 10.7. The fourth-order valence-electron chi connectivity index (χ4n) is 2.41. The van der Waals surface area contributed by atoms with Crippen molar-refractivity contribution in [3.63, 3.8) is 0 Å². The van der Waals surface area contributed by atoms with Gasteiger partial charge in [0.15, 0.2) is 0 Å². The lowest BCUT2D eigenvalue weighted by atomic mass is 9.86. The first-order chi connectivity index (χ1) is 8.66. The number of anilines is 1. The monoisotopic (exact) mass is 249 g/mol. The van der Waals surface area contributed by atoms with Crippen LogP contribution in [0.5, 0.6) is 0 Å². The molecule has 0 aliphatic heterocycles. The van der Waals surface area contributed by atoms with Crippen LogP contribution < -0.4 is 5.32 Å². The van der Waals surface area contributed by atoms with Crippen molar-refractivity contribution in [3.8, 4) is 0 Å². The molecular weight excluding hydrogens is 230 g/mol. The first-order valence-corrected chi connectivity index (χ1v) is 6.42. The Balaban J connectivity index is 1.87. The SMILES string of the molecule is O=C(O)c1ccc(NCC2CCCCC2O)cc1. The van der Waals surface area contributed by atoms with Crippen LogP contribution in [0, 0.1) is 5.92 Å². The van der Waals surface area contributed by atoms with E-state index in [0.29, 0.717) is 11.5 Å². The Morgan fingerprint density at radius 2 is 1.89 bits per heavy atom. The van der Waals surface area contributed by atoms with Gasteiger partial charge in [0.1, 0.15) is 0 Å². The molecule has 18 heavy (non-hydrogen) atoms. The van der Waals surface area contributed by atoms with E-state index in [1.54, 1.807) is 24.3 Å². The molecule has 2 atom stereocenters. The van der Waals surface area contributed by atoms with Gasteiger partial charge in [0, 0.05) is 18.2 Å². The molecule has 1 fully saturated rings. The average Bonchev–Trinajstić information content (AvgIpc) is 2.38. The smallest absolute Gasteiger partial charge is 0.335 e. The van der Waals surface area contributed by atoms with Crippen LogP contribution in [-0.2, 0) is 0 Å². The van der Waals surface area contributed by atoms with E-state index in [1.165, 1.54) is 6.42 Å². The van der Waals surface area contributed by atoms with Gasteiger partial charge < -0.3 is 15.5 Å². The third-order valence-corrected chi connectivity index (χ3v) is 3.57. The van der Waals surface area contributed by atoms with E-state index >= 15 is 0 Å². The number of rotatable bonds is 4. The van der Waals surface area contributed by atoms with Crippen molar-refractivity contribution >= 4 is 11.7 Å². The van der Waals surface area contributed by atoms with Crippen LogP contribution in [0.1, 0.15) is 36.0 Å². The molecule has 98 valence electrons. The highest BCUT2D eigenvalue weighted by atomic mass is 16.4. The van der Waals surface area contributed by atoms with Gasteiger partial charge in [-0.15, -0.1) is 0 Å². The molecule has 3 N–H and O–H groups in total. The van der Waals surface area contributed by atoms with E-state index in [4.69, 9.17) is 5.11 Å². The molecule has 0 heterocycles. The second-order valence-electron chi connectivity index (χ2n) is 4.88. The molecule has 0 bridgehead atoms. The van der Waals surface area contributed by atoms with Crippen molar-refractivity contribution in [2.24, 2.45) is 5.92 Å². The predicted octanol–water partition coefficient (Wildman–Crippen LogP) is 2.35. The molecule has 1 aliphatic rings. The van der Waals surface area contributed by atoms with Gasteiger partial charge in [0.05, 0.1) is 11.7 Å². The number of aliphatic hydroxyl groups is 1. The minimum atomic E-state index is -0.913. The Morgan fingerprint density at radius 3 is 2.50 bits per heavy atom. The quantitative estimate of drug-likeness (QED) is 0.766. The molecule has 0 radical (unpaired) electrons. The van der Waals surface area contributed by atoms with Gasteiger partial charge in [0.2, 0.25) is 0 Å². The van der Waals surface area contributed by atoms with Crippen LogP contribution in [0.25, 0.3) is 0 Å². The molecule has 2 rings (SSSR count). The summed E-state index contributed by atoms with van der Waals surface area (Å²) in [7, 11) is 0. The Hall–Kier alpha value is -1.55. The minimum Gasteiger partial charge on any atom is -0.478 e. The molecule has 4 nitrogen and oxygen atoms in total. The van der Waals surface area contributed by atoms with Crippen LogP contribution in [0.2, 0.25) is 0 Å². The van der Waals surface area contributed by atoms with Gasteiger partial charge >= 0.3 is 5.97 Å². The molecule has 0 aromatic heterocycles. The highest BCUT2D eigenvalue weighted by molar-refractivity contribution is 5.87. The zero-order chi connectivity index (χ0) is 13.0. The maximum Gasteiger partial charge on any atom is 0.335 e. The van der Waals surface area contributed by atoms with Gasteiger partial charge in [-0.25, -0.2) is 4.79 Å². The van der Waals surface area contributed by atoms with Crippen molar-refractivity contribution in [1.82, 2.24) is 0 Å². The van der Waals surface area contributed by atoms with E-state index in [-0.39, 0.29) is 6.10 Å². The summed E-state index contributed by atoms with van der Waals surface area (Å²) >= 11 is 0. The number of carbonyl (C=O) groups is 1. The molecule has 0 saturated heterocycles. The molecule has 1 aliphatic carbocycles. The zero-order valence-corrected chi connectivity index (χ0v) is 10.3. The molecule has 0 amide bonds. The maximum atomic E-state index is 10.7. The van der Waals surface area contributed by atoms with E-state index in [2.05, 4.69) is 5.32 Å². The van der Waals surface area contributed by atoms with Gasteiger partial charge in [-0.05, 0) is 37.1 Å². The van der Waals surface area contributed by atoms with Crippen molar-refractivity contribution < 1.29 is 15.0 Å². The first kappa shape index (κ1) is 12.9. The highest BCUT2D eigenvalue weighted by Gasteiger charge is 2.22. The summed E-state index contributed by atoms with van der Waals surface area (Å²) in [5, 5.41) is 21.9. The summed E-state index contributed by atoms with van der Waals surface area (Å²) in [5.74, 6) is -0.609. The Kier molecular flexibility index (Phi) is 4.20. The van der Waals surface area contributed by atoms with Crippen LogP contribution >= 0.6 is 0 Å². The van der Waals surface area contributed by atoms with Crippen LogP contribution in [0.4, 0.5) is 5.69 Å². The molecule has 2 unspecified atom stereocenters. The Labute approximate surface area is 107 Å². The van der Waals surface area contributed by atoms with Gasteiger partial charge in [-0.2, -0.15) is 0 Å². The lowest BCUT2D eigenvalue weighted by Gasteiger charge is -2.28. The third kappa shape index (κ3) is 3.23. The number of carboxylic acids is 1. The third-order valence-electron chi connectivity index (χ3n) is 3.57. The molecular formula is C14H19NO3. The van der Waals surface area contributed by atoms with Crippen molar-refractivity contribution in [1.29, 1.82) is 0 Å². The first-order valence-electron chi connectivity index (χ1n) is 6.42. The Morgan fingerprint density at radius 1 is 1.22 bits per heavy atom. The summed E-state index contributed by atoms with van der Waals surface area (Å²) < 4.78 is 0. The number of aromatic carboxylic acids is 1. The number of carboxylic acid groups (broad SMARTS) is 1. The maximum absolute atomic E-state index is 10.7. The van der Waals surface area contributed by atoms with E-state index in [0.717, 1.165) is 31.5 Å². The fraction of sp³-hybridized carbons (Fsp3) is 0.500. The fourth-order valence-corrected chi connectivity index (χ4v) is 2.41. The van der Waals surface area contributed by atoms with Crippen LogP contribution in [-0.4, -0.2) is 28.8 Å². The topological polar surface area (TPSA) is 69.6 Å². The lowest BCUT2D eigenvalue weighted by molar-refractivity contribution is 0.0696. The van der Waals surface area contributed by atoms with Crippen LogP contribution in [0.15, 0.2) is 24.3 Å². The second-order valence-corrected chi connectivity index (χ2v) is 4.88. The van der Waals surface area contributed by atoms with Crippen molar-refractivity contribution in [2.75, 3.05) is 11.9 Å². The Bertz CT molecular complexity index is 402. The molecule has 1 saturated carbocycles. The van der Waals surface area contributed by atoms with Crippen LogP contribution in [0.3, 0.4) is 0 Å². The normalized spacial score (nSPS) is 23.6. The second kappa shape index (κ2) is 5.87. The number of benzene rings is 1. The molecule has 1 aromatic carbocycles. The van der Waals surface area contributed by atoms with Crippen molar-refractivity contribution in [3.05, 3.63) is 29.8 Å². The summed E-state index contributed by atoms with van der Waals surface area (Å²) in [6, 6.07) is 6.70. The molecule has 1 aromatic rings. The number of aliphatic hydroxyl groups excluding tert-OH is 1. The largest absolute Gasteiger partial charge is 0.478 e. The number of hydrogen-bond acceptors (Lipinski definition) is 3. The van der Waals surface area contributed by atoms with E-state index < -0.39 is 5.97 Å². The molecule has 0 spiro atoms. The van der Waals surface area contributed by atoms with Gasteiger partial charge in [0.25, 0.3) is 0 Å². The summed E-state index contributed by atoms with van der Waals surface area (Å²) in [6.45, 7) is 0.744. The summed E-state index contributed by atoms with van der Waals surface area (Å²) in [6.07, 6.45) is 4.04. The standard InChI is InChI=1S/C14H19NO3/c16-13-4-2-1-3-11(13)9-15-12-7-5-10(6-8-12)14(17)18/h5-8,11,13,15-16H,1-4,9H2,(H,17,18). The predicted molar refractivity (Wildman–Crippen MR) is 69.9 cm³/mol. The number of nitrogens with one attached hydrogen (secondary N) is 1. The molecule has 4 heteroatoms. The summed E-state index contributed by atoms with van der Waals surface area (Å²) in [5.41, 5.74) is 1.19. The lowest BCUT2D eigenvalue weighted by Crippen LogP contribution is -2.30. The van der Waals surface area contributed by atoms with Gasteiger partial charge in [-0.1, -0.05) is 12.8 Å². The van der Waals surface area contributed by atoms with Crippen molar-refractivity contribution in [2.45, 2.75) is 31.8 Å². The van der Waals surface area contributed by atoms with E-state index in [1.807, 2.05) is 0 Å².